The number of alkyl halides is 1. The maximum atomic E-state index is 11.0. The Hall–Kier alpha value is -0.870. The zero-order valence-electron chi connectivity index (χ0n) is 6.35. The summed E-state index contributed by atoms with van der Waals surface area (Å²) in [5.74, 6) is 0.112. The van der Waals surface area contributed by atoms with E-state index in [0.717, 1.165) is 0 Å². The third-order valence-corrected chi connectivity index (χ3v) is 1.72. The third kappa shape index (κ3) is 2.32. The second-order valence-electron chi connectivity index (χ2n) is 2.36. The van der Waals surface area contributed by atoms with Gasteiger partial charge in [0.15, 0.2) is 0 Å². The monoisotopic (exact) mass is 188 g/mol. The van der Waals surface area contributed by atoms with Gasteiger partial charge in [-0.2, -0.15) is 0 Å². The van der Waals surface area contributed by atoms with E-state index in [1.807, 2.05) is 0 Å². The number of hydrogen-bond acceptors (Lipinski definition) is 3. The van der Waals surface area contributed by atoms with Gasteiger partial charge in [0, 0.05) is 12.4 Å². The quantitative estimate of drug-likeness (QED) is 0.671. The normalized spacial score (nSPS) is 12.8. The number of hydrogen-bond donors (Lipinski definition) is 1. The average Bonchev–Trinajstić information content (AvgIpc) is 2.09. The van der Waals surface area contributed by atoms with Crippen molar-refractivity contribution in [1.82, 2.24) is 9.55 Å². The summed E-state index contributed by atoms with van der Waals surface area (Å²) in [5.41, 5.74) is -0.373. The van der Waals surface area contributed by atoms with Gasteiger partial charge in [-0.1, -0.05) is 0 Å². The van der Waals surface area contributed by atoms with E-state index in [9.17, 15) is 4.79 Å². The van der Waals surface area contributed by atoms with Crippen molar-refractivity contribution in [3.05, 3.63) is 28.9 Å². The van der Waals surface area contributed by atoms with Crippen molar-refractivity contribution in [3.63, 3.8) is 0 Å². The molecule has 1 unspecified atom stereocenters. The SMILES string of the molecule is O=c1ncccn1CC(O)CCl. The minimum atomic E-state index is -0.700. The van der Waals surface area contributed by atoms with Gasteiger partial charge in [0.1, 0.15) is 0 Å². The molecule has 1 heterocycles. The van der Waals surface area contributed by atoms with E-state index in [2.05, 4.69) is 4.98 Å². The molecule has 5 heteroatoms. The summed E-state index contributed by atoms with van der Waals surface area (Å²) in [7, 11) is 0. The third-order valence-electron chi connectivity index (χ3n) is 1.37. The highest BCUT2D eigenvalue weighted by atomic mass is 35.5. The summed E-state index contributed by atoms with van der Waals surface area (Å²) < 4.78 is 1.31. The van der Waals surface area contributed by atoms with Crippen LogP contribution in [-0.2, 0) is 6.54 Å². The molecule has 0 amide bonds. The topological polar surface area (TPSA) is 55.1 Å². The van der Waals surface area contributed by atoms with E-state index in [1.54, 1.807) is 12.3 Å². The first-order valence-corrected chi connectivity index (χ1v) is 4.03. The fraction of sp³-hybridized carbons (Fsp3) is 0.429. The molecule has 0 radical (unpaired) electrons. The van der Waals surface area contributed by atoms with E-state index in [0.29, 0.717) is 0 Å². The van der Waals surface area contributed by atoms with Crippen LogP contribution in [0, 0.1) is 0 Å². The molecule has 66 valence electrons. The highest BCUT2D eigenvalue weighted by Crippen LogP contribution is 1.90. The van der Waals surface area contributed by atoms with Crippen molar-refractivity contribution < 1.29 is 5.11 Å². The van der Waals surface area contributed by atoms with Crippen LogP contribution in [0.2, 0.25) is 0 Å². The summed E-state index contributed by atoms with van der Waals surface area (Å²) >= 11 is 5.37. The molecule has 0 saturated heterocycles. The Morgan fingerprint density at radius 1 is 1.75 bits per heavy atom. The Balaban J connectivity index is 2.76. The van der Waals surface area contributed by atoms with Crippen molar-refractivity contribution in [3.8, 4) is 0 Å². The first kappa shape index (κ1) is 9.22. The zero-order chi connectivity index (χ0) is 8.97. The maximum Gasteiger partial charge on any atom is 0.347 e. The zero-order valence-corrected chi connectivity index (χ0v) is 7.11. The molecule has 0 spiro atoms. The van der Waals surface area contributed by atoms with Gasteiger partial charge < -0.3 is 5.11 Å². The molecular formula is C7H9ClN2O2. The second-order valence-corrected chi connectivity index (χ2v) is 2.67. The lowest BCUT2D eigenvalue weighted by Gasteiger charge is -2.07. The van der Waals surface area contributed by atoms with E-state index in [1.165, 1.54) is 10.8 Å². The van der Waals surface area contributed by atoms with Crippen LogP contribution in [0.3, 0.4) is 0 Å². The summed E-state index contributed by atoms with van der Waals surface area (Å²) in [6.07, 6.45) is 2.27. The van der Waals surface area contributed by atoms with Gasteiger partial charge in [0.05, 0.1) is 18.5 Å². The molecule has 1 N–H and O–H groups in total. The summed E-state index contributed by atoms with van der Waals surface area (Å²) in [5, 5.41) is 9.12. The van der Waals surface area contributed by atoms with Crippen molar-refractivity contribution in [2.24, 2.45) is 0 Å². The lowest BCUT2D eigenvalue weighted by Crippen LogP contribution is -2.28. The van der Waals surface area contributed by atoms with Crippen LogP contribution in [0.1, 0.15) is 0 Å². The minimum absolute atomic E-state index is 0.112. The van der Waals surface area contributed by atoms with Gasteiger partial charge >= 0.3 is 5.69 Å². The van der Waals surface area contributed by atoms with Gasteiger partial charge in [0.2, 0.25) is 0 Å². The van der Waals surface area contributed by atoms with Gasteiger partial charge in [0.25, 0.3) is 0 Å². The predicted molar refractivity (Wildman–Crippen MR) is 45.2 cm³/mol. The fourth-order valence-electron chi connectivity index (χ4n) is 0.802. The Kier molecular flexibility index (Phi) is 3.25. The molecule has 0 bridgehead atoms. The van der Waals surface area contributed by atoms with Crippen LogP contribution in [0.15, 0.2) is 23.3 Å². The highest BCUT2D eigenvalue weighted by molar-refractivity contribution is 6.18. The van der Waals surface area contributed by atoms with Crippen LogP contribution in [-0.4, -0.2) is 26.6 Å². The Morgan fingerprint density at radius 2 is 2.50 bits per heavy atom. The molecule has 1 rings (SSSR count). The first-order chi connectivity index (χ1) is 5.74. The molecule has 1 aromatic rings. The Morgan fingerprint density at radius 3 is 3.08 bits per heavy atom. The lowest BCUT2D eigenvalue weighted by molar-refractivity contribution is 0.174. The van der Waals surface area contributed by atoms with E-state index in [4.69, 9.17) is 16.7 Å². The molecule has 1 atom stereocenters. The highest BCUT2D eigenvalue weighted by Gasteiger charge is 2.03. The molecule has 0 aliphatic rings. The second kappa shape index (κ2) is 4.23. The predicted octanol–water partition coefficient (Wildman–Crippen LogP) is -0.157. The molecule has 0 aromatic carbocycles. The molecule has 12 heavy (non-hydrogen) atoms. The van der Waals surface area contributed by atoms with Crippen LogP contribution in [0.4, 0.5) is 0 Å². The summed E-state index contributed by atoms with van der Waals surface area (Å²) in [4.78, 5) is 14.5. The molecule has 0 fully saturated rings. The van der Waals surface area contributed by atoms with Crippen molar-refractivity contribution in [2.75, 3.05) is 5.88 Å². The van der Waals surface area contributed by atoms with Gasteiger partial charge in [-0.25, -0.2) is 9.78 Å². The van der Waals surface area contributed by atoms with Crippen LogP contribution in [0.25, 0.3) is 0 Å². The number of nitrogens with zero attached hydrogens (tertiary/aromatic N) is 2. The minimum Gasteiger partial charge on any atom is -0.390 e. The van der Waals surface area contributed by atoms with E-state index in [-0.39, 0.29) is 18.1 Å². The van der Waals surface area contributed by atoms with Crippen LogP contribution >= 0.6 is 11.6 Å². The molecule has 0 saturated carbocycles. The van der Waals surface area contributed by atoms with E-state index >= 15 is 0 Å². The number of halogens is 1. The summed E-state index contributed by atoms with van der Waals surface area (Å²) in [6.45, 7) is 0.191. The Bertz CT molecular complexity index is 299. The van der Waals surface area contributed by atoms with Crippen molar-refractivity contribution in [2.45, 2.75) is 12.6 Å². The number of aromatic nitrogens is 2. The molecule has 0 aliphatic heterocycles. The summed E-state index contributed by atoms with van der Waals surface area (Å²) in [6, 6.07) is 1.63. The number of aliphatic hydroxyl groups excluding tert-OH is 1. The van der Waals surface area contributed by atoms with Crippen LogP contribution in [0.5, 0.6) is 0 Å². The first-order valence-electron chi connectivity index (χ1n) is 3.49. The maximum absolute atomic E-state index is 11.0. The Labute approximate surface area is 74.4 Å². The molecule has 1 aromatic heterocycles. The number of aliphatic hydroxyl groups is 1. The van der Waals surface area contributed by atoms with Gasteiger partial charge in [-0.05, 0) is 6.07 Å². The fourth-order valence-corrected chi connectivity index (χ4v) is 0.899. The smallest absolute Gasteiger partial charge is 0.347 e. The van der Waals surface area contributed by atoms with E-state index < -0.39 is 6.10 Å². The molecular weight excluding hydrogens is 180 g/mol. The van der Waals surface area contributed by atoms with Crippen LogP contribution < -0.4 is 5.69 Å². The van der Waals surface area contributed by atoms with Gasteiger partial charge in [-0.15, -0.1) is 11.6 Å². The largest absolute Gasteiger partial charge is 0.390 e. The number of rotatable bonds is 3. The van der Waals surface area contributed by atoms with Crippen molar-refractivity contribution in [1.29, 1.82) is 0 Å². The lowest BCUT2D eigenvalue weighted by atomic mass is 10.4. The molecule has 4 nitrogen and oxygen atoms in total. The van der Waals surface area contributed by atoms with Crippen molar-refractivity contribution >= 4 is 11.6 Å². The molecule has 0 aliphatic carbocycles. The van der Waals surface area contributed by atoms with Gasteiger partial charge in [-0.3, -0.25) is 4.57 Å². The average molecular weight is 189 g/mol. The standard InChI is InChI=1S/C7H9ClN2O2/c8-4-6(11)5-10-3-1-2-9-7(10)12/h1-3,6,11H,4-5H2.